The Morgan fingerprint density at radius 3 is 2.76 bits per heavy atom. The lowest BCUT2D eigenvalue weighted by molar-refractivity contribution is -0.154. The van der Waals surface area contributed by atoms with Gasteiger partial charge in [-0.25, -0.2) is 18.9 Å². The second-order valence-electron chi connectivity index (χ2n) is 9.98. The first-order valence-corrected chi connectivity index (χ1v) is 16.1. The summed E-state index contributed by atoms with van der Waals surface area (Å²) in [5, 5.41) is 9.11. The third kappa shape index (κ3) is 4.53. The van der Waals surface area contributed by atoms with E-state index in [0.29, 0.717) is 53.3 Å². The van der Waals surface area contributed by atoms with Crippen LogP contribution in [0.2, 0.25) is 0 Å². The molecule has 3 aliphatic rings. The van der Waals surface area contributed by atoms with Crippen LogP contribution in [0.15, 0.2) is 30.7 Å². The molecule has 0 aromatic carbocycles. The highest BCUT2D eigenvalue weighted by atomic mass is 127. The number of nitrogens with one attached hydrogen (secondary N) is 1. The third-order valence-corrected chi connectivity index (χ3v) is 9.51. The van der Waals surface area contributed by atoms with E-state index in [4.69, 9.17) is 19.6 Å². The zero-order chi connectivity index (χ0) is 26.4. The fourth-order valence-corrected chi connectivity index (χ4v) is 7.45. The van der Waals surface area contributed by atoms with Gasteiger partial charge in [0.05, 0.1) is 25.3 Å². The van der Waals surface area contributed by atoms with Crippen molar-refractivity contribution in [2.24, 2.45) is 17.8 Å². The molecule has 9 nitrogen and oxygen atoms in total. The van der Waals surface area contributed by atoms with Gasteiger partial charge in [-0.15, -0.1) is 5.10 Å². The maximum atomic E-state index is 14.2. The molecule has 4 heterocycles. The summed E-state index contributed by atoms with van der Waals surface area (Å²) >= 11 is 2.17. The van der Waals surface area contributed by atoms with Gasteiger partial charge in [-0.05, 0) is 62.1 Å². The molecule has 200 valence electrons. The first-order chi connectivity index (χ1) is 18.5. The summed E-state index contributed by atoms with van der Waals surface area (Å²) in [5.41, 5.74) is 3.06. The molecular weight excluding hydrogens is 622 g/mol. The van der Waals surface area contributed by atoms with E-state index < -0.39 is 5.82 Å². The monoisotopic (exact) mass is 650 g/mol. The fourth-order valence-electron chi connectivity index (χ4n) is 6.20. The molecule has 0 radical (unpaired) electrons. The Balaban J connectivity index is 1.48. The van der Waals surface area contributed by atoms with Crippen molar-refractivity contribution in [3.63, 3.8) is 0 Å². The molecule has 3 aliphatic carbocycles. The second-order valence-corrected chi connectivity index (χ2v) is 11.7. The predicted octanol–water partition coefficient (Wildman–Crippen LogP) is 5.66. The number of rotatable bonds is 8. The summed E-state index contributed by atoms with van der Waals surface area (Å²) in [6.45, 7) is 2.64. The highest BCUT2D eigenvalue weighted by Gasteiger charge is 2.48. The van der Waals surface area contributed by atoms with Crippen molar-refractivity contribution < 1.29 is 18.7 Å². The van der Waals surface area contributed by atoms with Crippen LogP contribution in [0.4, 0.5) is 10.2 Å². The van der Waals surface area contributed by atoms with Crippen molar-refractivity contribution in [1.82, 2.24) is 23.6 Å². The van der Waals surface area contributed by atoms with Crippen LogP contribution >= 0.6 is 30.3 Å². The minimum Gasteiger partial charge on any atom is -0.466 e. The van der Waals surface area contributed by atoms with E-state index in [2.05, 4.69) is 31.5 Å². The molecule has 2 bridgehead atoms. The number of anilines is 1. The Morgan fingerprint density at radius 1 is 1.24 bits per heavy atom. The molecule has 3 saturated carbocycles. The minimum atomic E-state index is -0.423. The zero-order valence-electron chi connectivity index (χ0n) is 21.1. The van der Waals surface area contributed by atoms with E-state index in [-0.39, 0.29) is 17.9 Å². The van der Waals surface area contributed by atoms with Crippen LogP contribution in [0, 0.1) is 23.6 Å². The maximum absolute atomic E-state index is 14.2. The number of carbonyl (C=O) groups is 1. The van der Waals surface area contributed by atoms with Crippen LogP contribution in [-0.4, -0.2) is 49.3 Å². The van der Waals surface area contributed by atoms with Gasteiger partial charge in [0.15, 0.2) is 17.3 Å². The van der Waals surface area contributed by atoms with Crippen LogP contribution in [0.5, 0.6) is 0 Å². The largest absolute Gasteiger partial charge is 0.466 e. The molecule has 4 aromatic rings. The van der Waals surface area contributed by atoms with Crippen molar-refractivity contribution in [3.05, 3.63) is 42.1 Å². The number of aromatic nitrogens is 5. The molecule has 38 heavy (non-hydrogen) atoms. The quantitative estimate of drug-likeness (QED) is 0.193. The van der Waals surface area contributed by atoms with Crippen LogP contribution in [0.25, 0.3) is 27.9 Å². The summed E-state index contributed by atoms with van der Waals surface area (Å²) in [6.07, 6.45) is 9.25. The Labute approximate surface area is 235 Å². The molecule has 7 rings (SSSR count). The van der Waals surface area contributed by atoms with Crippen molar-refractivity contribution in [2.75, 3.05) is 19.0 Å². The number of carbonyl (C=O) groups excluding carboxylic acids is 1. The summed E-state index contributed by atoms with van der Waals surface area (Å²) < 4.78 is 28.8. The number of nitrogens with zero attached hydrogens (tertiary/aromatic N) is 5. The molecule has 0 spiro atoms. The number of methoxy groups -OCH3 is 1. The number of fused-ring (bicyclic) bond motifs is 5. The van der Waals surface area contributed by atoms with Gasteiger partial charge in [-0.2, -0.15) is 0 Å². The molecular formula is C26H28FIN6O3S. The van der Waals surface area contributed by atoms with Crippen molar-refractivity contribution in [3.8, 4) is 11.4 Å². The van der Waals surface area contributed by atoms with E-state index in [1.54, 1.807) is 11.6 Å². The molecule has 3 fully saturated rings. The predicted molar refractivity (Wildman–Crippen MR) is 152 cm³/mol. The second kappa shape index (κ2) is 10.6. The Bertz CT molecular complexity index is 1500. The van der Waals surface area contributed by atoms with Crippen molar-refractivity contribution in [2.45, 2.75) is 45.3 Å². The average Bonchev–Trinajstić information content (AvgIpc) is 3.50. The number of hydrogen-bond acceptors (Lipinski definition) is 8. The van der Waals surface area contributed by atoms with E-state index in [0.717, 1.165) is 36.8 Å². The van der Waals surface area contributed by atoms with Gasteiger partial charge in [-0.1, -0.05) is 0 Å². The third-order valence-electron chi connectivity index (χ3n) is 7.81. The van der Waals surface area contributed by atoms with Gasteiger partial charge < -0.3 is 14.8 Å². The van der Waals surface area contributed by atoms with E-state index in [1.165, 1.54) is 21.4 Å². The lowest BCUT2D eigenvalue weighted by atomic mass is 9.61. The first kappa shape index (κ1) is 25.8. The van der Waals surface area contributed by atoms with Crippen molar-refractivity contribution in [1.29, 1.82) is 0 Å². The van der Waals surface area contributed by atoms with Crippen LogP contribution in [-0.2, 0) is 20.9 Å². The molecule has 2 atom stereocenters. The number of pyridine rings is 1. The van der Waals surface area contributed by atoms with Gasteiger partial charge in [0.25, 0.3) is 0 Å². The van der Waals surface area contributed by atoms with Gasteiger partial charge in [0.2, 0.25) is 0 Å². The summed E-state index contributed by atoms with van der Waals surface area (Å²) in [7, 11) is 3.09. The molecule has 0 saturated heterocycles. The van der Waals surface area contributed by atoms with Gasteiger partial charge in [-0.3, -0.25) is 8.77 Å². The topological polar surface area (TPSA) is 95.6 Å². The molecule has 0 amide bonds. The number of ether oxygens (including phenoxy) is 2. The van der Waals surface area contributed by atoms with Crippen LogP contribution < -0.4 is 5.32 Å². The maximum Gasteiger partial charge on any atom is 0.311 e. The highest BCUT2D eigenvalue weighted by molar-refractivity contribution is 14.2. The molecule has 0 unspecified atom stereocenters. The molecule has 0 aliphatic heterocycles. The summed E-state index contributed by atoms with van der Waals surface area (Å²) in [4.78, 5) is 22.4. The SMILES string of the molecule is CCOC(=O)[C@H]1[C@H]2CC[C@H](CC2)[C@@H]1Nc1nc(-c2cn(SI)c3ncc(F)cc23)nn2cc(COC)cc12. The minimum absolute atomic E-state index is 0.0840. The van der Waals surface area contributed by atoms with Crippen LogP contribution in [0.1, 0.15) is 38.2 Å². The smallest absolute Gasteiger partial charge is 0.311 e. The molecule has 1 N–H and O–H groups in total. The van der Waals surface area contributed by atoms with E-state index in [1.807, 2.05) is 29.4 Å². The zero-order valence-corrected chi connectivity index (χ0v) is 24.0. The normalized spacial score (nSPS) is 22.8. The average molecular weight is 651 g/mol. The van der Waals surface area contributed by atoms with Crippen molar-refractivity contribution >= 4 is 58.7 Å². The Morgan fingerprint density at radius 2 is 2.03 bits per heavy atom. The van der Waals surface area contributed by atoms with E-state index >= 15 is 0 Å². The number of esters is 1. The number of hydrogen-bond donors (Lipinski definition) is 1. The van der Waals surface area contributed by atoms with E-state index in [9.17, 15) is 9.18 Å². The number of halogens is 2. The highest BCUT2D eigenvalue weighted by Crippen LogP contribution is 2.47. The Hall–Kier alpha value is -2.45. The standard InChI is InChI=1S/C26H28FIN6O3S/c1-3-37-26(35)21-15-4-6-16(7-5-15)22(21)30-24-20-8-14(13-36-2)11-33(20)32-23(31-24)19-12-34(38-28)25-18(19)9-17(27)10-29-25/h8-12,15-16,21-22H,3-7,13H2,1-2H3,(H,30,31,32)/t15-,16+,21-,22-/m0/s1. The molecule has 12 heteroatoms. The molecule has 4 aromatic heterocycles. The van der Waals surface area contributed by atoms with Gasteiger partial charge >= 0.3 is 5.97 Å². The summed E-state index contributed by atoms with van der Waals surface area (Å²) in [6, 6.07) is 3.38. The fraction of sp³-hybridized carbons (Fsp3) is 0.462. The van der Waals surface area contributed by atoms with Gasteiger partial charge in [0, 0.05) is 66.8 Å². The lowest BCUT2D eigenvalue weighted by Crippen LogP contribution is -2.52. The lowest BCUT2D eigenvalue weighted by Gasteiger charge is -2.47. The van der Waals surface area contributed by atoms with Crippen LogP contribution in [0.3, 0.4) is 0 Å². The van der Waals surface area contributed by atoms with Gasteiger partial charge in [0.1, 0.15) is 11.3 Å². The Kier molecular flexibility index (Phi) is 7.20. The summed E-state index contributed by atoms with van der Waals surface area (Å²) in [5.74, 6) is 0.961. The first-order valence-electron chi connectivity index (χ1n) is 12.8.